The van der Waals surface area contributed by atoms with Crippen LogP contribution in [0.2, 0.25) is 0 Å². The fourth-order valence-electron chi connectivity index (χ4n) is 0.415. The molecule has 0 saturated carbocycles. The van der Waals surface area contributed by atoms with Crippen LogP contribution >= 0.6 is 0 Å². The van der Waals surface area contributed by atoms with Gasteiger partial charge in [-0.05, 0) is 26.0 Å². The van der Waals surface area contributed by atoms with E-state index < -0.39 is 0 Å². The van der Waals surface area contributed by atoms with Crippen LogP contribution in [0.25, 0.3) is 0 Å². The molecule has 0 saturated heterocycles. The fourth-order valence-corrected chi connectivity index (χ4v) is 0.415. The van der Waals surface area contributed by atoms with Crippen LogP contribution in [-0.4, -0.2) is 11.2 Å². The molecular weight excluding hydrogens is 143 g/mol. The lowest BCUT2D eigenvalue weighted by Gasteiger charge is -1.80. The summed E-state index contributed by atoms with van der Waals surface area (Å²) in [6, 6.07) is 7.94. The third-order valence-corrected chi connectivity index (χ3v) is 0.733. The molecule has 0 aromatic heterocycles. The van der Waals surface area contributed by atoms with E-state index in [2.05, 4.69) is 0 Å². The highest BCUT2D eigenvalue weighted by Gasteiger charge is 1.77. The summed E-state index contributed by atoms with van der Waals surface area (Å²) >= 11 is 0. The largest absolute Gasteiger partial charge is 0.394 e. The normalized spacial score (nSPS) is 8.82. The third-order valence-electron chi connectivity index (χ3n) is 0.733. The van der Waals surface area contributed by atoms with E-state index in [-0.39, 0.29) is 11.9 Å². The molecule has 1 nitrogen and oxygen atoms in total. The highest BCUT2D eigenvalue weighted by Crippen LogP contribution is 1.91. The summed E-state index contributed by atoms with van der Waals surface area (Å²) in [6.45, 7) is 3.44. The van der Waals surface area contributed by atoms with Crippen LogP contribution in [0.15, 0.2) is 30.3 Å². The van der Waals surface area contributed by atoms with Gasteiger partial charge in [0, 0.05) is 6.10 Å². The molecule has 0 spiro atoms. The summed E-state index contributed by atoms with van der Waals surface area (Å²) < 4.78 is 11.9. The topological polar surface area (TPSA) is 20.2 Å². The monoisotopic (exact) mass is 156 g/mol. The number of aliphatic hydroxyl groups is 1. The van der Waals surface area contributed by atoms with Crippen LogP contribution < -0.4 is 0 Å². The molecule has 0 unspecified atom stereocenters. The Morgan fingerprint density at radius 3 is 1.73 bits per heavy atom. The van der Waals surface area contributed by atoms with E-state index in [4.69, 9.17) is 5.11 Å². The minimum absolute atomic E-state index is 0.167. The summed E-state index contributed by atoms with van der Waals surface area (Å²) in [6.07, 6.45) is -0.167. The lowest BCUT2D eigenvalue weighted by atomic mass is 10.4. The molecule has 0 heterocycles. The molecule has 2 heteroatoms. The first-order valence-corrected chi connectivity index (χ1v) is 3.51. The minimum atomic E-state index is -0.178. The quantitative estimate of drug-likeness (QED) is 0.610. The van der Waals surface area contributed by atoms with Crippen LogP contribution in [0.4, 0.5) is 4.39 Å². The van der Waals surface area contributed by atoms with Crippen LogP contribution in [0.5, 0.6) is 0 Å². The van der Waals surface area contributed by atoms with Gasteiger partial charge in [-0.2, -0.15) is 0 Å². The predicted octanol–water partition coefficient (Wildman–Crippen LogP) is 2.21. The third kappa shape index (κ3) is 9.11. The van der Waals surface area contributed by atoms with Crippen molar-refractivity contribution in [2.45, 2.75) is 20.0 Å². The van der Waals surface area contributed by atoms with Crippen molar-refractivity contribution in [3.05, 3.63) is 36.1 Å². The van der Waals surface area contributed by atoms with E-state index in [1.54, 1.807) is 32.0 Å². The Morgan fingerprint density at radius 1 is 1.18 bits per heavy atom. The zero-order valence-corrected chi connectivity index (χ0v) is 6.79. The van der Waals surface area contributed by atoms with Crippen molar-refractivity contribution in [3.63, 3.8) is 0 Å². The molecule has 0 bridgehead atoms. The van der Waals surface area contributed by atoms with Gasteiger partial charge in [0.1, 0.15) is 5.82 Å². The first kappa shape index (κ1) is 10.1. The molecular formula is C9H13FO. The number of rotatable bonds is 0. The summed E-state index contributed by atoms with van der Waals surface area (Å²) in [5.74, 6) is -0.178. The van der Waals surface area contributed by atoms with Gasteiger partial charge < -0.3 is 5.11 Å². The molecule has 1 N–H and O–H groups in total. The van der Waals surface area contributed by atoms with Gasteiger partial charge in [-0.15, -0.1) is 0 Å². The zero-order valence-electron chi connectivity index (χ0n) is 6.79. The summed E-state index contributed by atoms with van der Waals surface area (Å²) in [5.41, 5.74) is 0. The lowest BCUT2D eigenvalue weighted by molar-refractivity contribution is 0.216. The summed E-state index contributed by atoms with van der Waals surface area (Å²) in [7, 11) is 0. The van der Waals surface area contributed by atoms with E-state index in [0.29, 0.717) is 0 Å². The predicted molar refractivity (Wildman–Crippen MR) is 43.8 cm³/mol. The van der Waals surface area contributed by atoms with Crippen molar-refractivity contribution in [1.29, 1.82) is 0 Å². The molecule has 0 fully saturated rings. The molecule has 1 aromatic rings. The number of hydrogen-bond acceptors (Lipinski definition) is 1. The SMILES string of the molecule is CC(C)O.Fc1ccccc1. The van der Waals surface area contributed by atoms with Gasteiger partial charge in [0.15, 0.2) is 0 Å². The van der Waals surface area contributed by atoms with Gasteiger partial charge in [0.05, 0.1) is 0 Å². The van der Waals surface area contributed by atoms with Crippen molar-refractivity contribution in [2.24, 2.45) is 0 Å². The smallest absolute Gasteiger partial charge is 0.123 e. The van der Waals surface area contributed by atoms with E-state index in [0.717, 1.165) is 0 Å². The zero-order chi connectivity index (χ0) is 8.69. The summed E-state index contributed by atoms with van der Waals surface area (Å²) in [4.78, 5) is 0. The Bertz CT molecular complexity index is 169. The van der Waals surface area contributed by atoms with Crippen LogP contribution in [0, 0.1) is 5.82 Å². The minimum Gasteiger partial charge on any atom is -0.394 e. The van der Waals surface area contributed by atoms with E-state index in [9.17, 15) is 4.39 Å². The summed E-state index contributed by atoms with van der Waals surface area (Å²) in [5, 5.41) is 8.06. The van der Waals surface area contributed by atoms with Crippen LogP contribution in [0.3, 0.4) is 0 Å². The maximum atomic E-state index is 11.9. The second-order valence-electron chi connectivity index (χ2n) is 2.39. The second kappa shape index (κ2) is 5.86. The maximum absolute atomic E-state index is 11.9. The molecule has 0 aliphatic heterocycles. The number of halogens is 1. The standard InChI is InChI=1S/C6H5F.C3H8O/c7-6-4-2-1-3-5-6;1-3(2)4/h1-5H;3-4H,1-2H3. The molecule has 0 aliphatic rings. The van der Waals surface area contributed by atoms with E-state index in [1.807, 2.05) is 0 Å². The van der Waals surface area contributed by atoms with Crippen molar-refractivity contribution >= 4 is 0 Å². The molecule has 1 rings (SSSR count). The Balaban J connectivity index is 0.000000218. The number of benzene rings is 1. The van der Waals surface area contributed by atoms with Crippen molar-refractivity contribution in [2.75, 3.05) is 0 Å². The first-order valence-electron chi connectivity index (χ1n) is 3.51. The molecule has 0 aliphatic carbocycles. The Morgan fingerprint density at radius 2 is 1.55 bits per heavy atom. The van der Waals surface area contributed by atoms with Gasteiger partial charge >= 0.3 is 0 Å². The molecule has 0 radical (unpaired) electrons. The van der Waals surface area contributed by atoms with Gasteiger partial charge in [-0.3, -0.25) is 0 Å². The molecule has 11 heavy (non-hydrogen) atoms. The highest BCUT2D eigenvalue weighted by atomic mass is 19.1. The van der Waals surface area contributed by atoms with Gasteiger partial charge in [0.2, 0.25) is 0 Å². The molecule has 1 aromatic carbocycles. The van der Waals surface area contributed by atoms with E-state index >= 15 is 0 Å². The van der Waals surface area contributed by atoms with Crippen molar-refractivity contribution in [3.8, 4) is 0 Å². The second-order valence-corrected chi connectivity index (χ2v) is 2.39. The Hall–Kier alpha value is -0.890. The number of aliphatic hydroxyl groups excluding tert-OH is 1. The number of hydrogen-bond donors (Lipinski definition) is 1. The first-order chi connectivity index (χ1) is 5.13. The Labute approximate surface area is 66.5 Å². The van der Waals surface area contributed by atoms with Crippen molar-refractivity contribution in [1.82, 2.24) is 0 Å². The average molecular weight is 156 g/mol. The fraction of sp³-hybridized carbons (Fsp3) is 0.333. The van der Waals surface area contributed by atoms with Gasteiger partial charge in [-0.25, -0.2) is 4.39 Å². The lowest BCUT2D eigenvalue weighted by Crippen LogP contribution is -1.85. The average Bonchev–Trinajstić information content (AvgIpc) is 1.87. The Kier molecular flexibility index (Phi) is 5.39. The van der Waals surface area contributed by atoms with E-state index in [1.165, 1.54) is 12.1 Å². The highest BCUT2D eigenvalue weighted by molar-refractivity contribution is 5.02. The van der Waals surface area contributed by atoms with Crippen LogP contribution in [0.1, 0.15) is 13.8 Å². The van der Waals surface area contributed by atoms with Gasteiger partial charge in [0.25, 0.3) is 0 Å². The molecule has 0 atom stereocenters. The molecule has 62 valence electrons. The molecule has 0 amide bonds. The maximum Gasteiger partial charge on any atom is 0.123 e. The van der Waals surface area contributed by atoms with Crippen molar-refractivity contribution < 1.29 is 9.50 Å². The van der Waals surface area contributed by atoms with Crippen LogP contribution in [-0.2, 0) is 0 Å². The van der Waals surface area contributed by atoms with Gasteiger partial charge in [-0.1, -0.05) is 18.2 Å².